The summed E-state index contributed by atoms with van der Waals surface area (Å²) in [6.07, 6.45) is 3.33. The Labute approximate surface area is 168 Å². The molecule has 0 unspecified atom stereocenters. The van der Waals surface area contributed by atoms with Crippen LogP contribution in [-0.4, -0.2) is 38.0 Å². The molecule has 1 N–H and O–H groups in total. The van der Waals surface area contributed by atoms with Gasteiger partial charge in [0.15, 0.2) is 5.65 Å². The smallest absolute Gasteiger partial charge is 0.316 e. The molecule has 3 atom stereocenters. The second-order valence-corrected chi connectivity index (χ2v) is 9.05. The molecule has 2 heterocycles. The van der Waals surface area contributed by atoms with Crippen molar-refractivity contribution in [2.24, 2.45) is 17.8 Å². The van der Waals surface area contributed by atoms with Gasteiger partial charge in [0.05, 0.1) is 5.75 Å². The Hall–Kier alpha value is -2.15. The second-order valence-electron chi connectivity index (χ2n) is 8.11. The SMILES string of the molecule is CC(C)[C@@H]1CC[C@H](C)C[C@H]1OC(=O)CSc1nnc2c(n1)[nH]c1ccccc12. The minimum absolute atomic E-state index is 0.0204. The van der Waals surface area contributed by atoms with Crippen LogP contribution >= 0.6 is 11.8 Å². The van der Waals surface area contributed by atoms with Crippen LogP contribution in [-0.2, 0) is 9.53 Å². The lowest BCUT2D eigenvalue weighted by atomic mass is 9.75. The zero-order valence-electron chi connectivity index (χ0n) is 16.5. The molecule has 1 aliphatic rings. The summed E-state index contributed by atoms with van der Waals surface area (Å²) in [4.78, 5) is 20.2. The third kappa shape index (κ3) is 3.99. The Balaban J connectivity index is 1.40. The normalized spacial score (nSPS) is 22.8. The number of fused-ring (bicyclic) bond motifs is 3. The zero-order chi connectivity index (χ0) is 19.7. The van der Waals surface area contributed by atoms with Gasteiger partial charge < -0.3 is 9.72 Å². The summed E-state index contributed by atoms with van der Waals surface area (Å²) in [6.45, 7) is 6.66. The molecule has 0 aliphatic heterocycles. The van der Waals surface area contributed by atoms with E-state index in [2.05, 4.69) is 40.9 Å². The van der Waals surface area contributed by atoms with E-state index in [1.165, 1.54) is 18.2 Å². The van der Waals surface area contributed by atoms with E-state index < -0.39 is 0 Å². The molecule has 3 aromatic rings. The molecule has 148 valence electrons. The third-order valence-corrected chi connectivity index (χ3v) is 6.48. The highest BCUT2D eigenvalue weighted by Crippen LogP contribution is 2.35. The highest BCUT2D eigenvalue weighted by atomic mass is 32.2. The van der Waals surface area contributed by atoms with Crippen LogP contribution in [0.4, 0.5) is 0 Å². The average molecular weight is 399 g/mol. The lowest BCUT2D eigenvalue weighted by Gasteiger charge is -2.36. The minimum atomic E-state index is -0.199. The number of benzene rings is 1. The fourth-order valence-electron chi connectivity index (χ4n) is 4.14. The summed E-state index contributed by atoms with van der Waals surface area (Å²) < 4.78 is 5.85. The van der Waals surface area contributed by atoms with E-state index in [4.69, 9.17) is 4.74 Å². The number of aromatic nitrogens is 4. The minimum Gasteiger partial charge on any atom is -0.461 e. The molecule has 7 heteroatoms. The van der Waals surface area contributed by atoms with E-state index in [1.54, 1.807) is 0 Å². The predicted molar refractivity (Wildman–Crippen MR) is 111 cm³/mol. The van der Waals surface area contributed by atoms with Gasteiger partial charge in [0.2, 0.25) is 5.16 Å². The van der Waals surface area contributed by atoms with Crippen LogP contribution in [0.15, 0.2) is 29.4 Å². The van der Waals surface area contributed by atoms with Crippen LogP contribution in [0.2, 0.25) is 0 Å². The molecule has 0 spiro atoms. The summed E-state index contributed by atoms with van der Waals surface area (Å²) in [7, 11) is 0. The maximum absolute atomic E-state index is 12.4. The molecule has 1 aromatic carbocycles. The first kappa shape index (κ1) is 19.2. The van der Waals surface area contributed by atoms with Crippen molar-refractivity contribution in [2.45, 2.75) is 51.3 Å². The molecular weight excluding hydrogens is 372 g/mol. The van der Waals surface area contributed by atoms with Gasteiger partial charge in [0.25, 0.3) is 0 Å². The van der Waals surface area contributed by atoms with Gasteiger partial charge in [-0.25, -0.2) is 4.98 Å². The van der Waals surface area contributed by atoms with E-state index >= 15 is 0 Å². The molecule has 2 aromatic heterocycles. The number of aromatic amines is 1. The monoisotopic (exact) mass is 398 g/mol. The number of hydrogen-bond donors (Lipinski definition) is 1. The van der Waals surface area contributed by atoms with Gasteiger partial charge in [-0.05, 0) is 36.7 Å². The number of H-pyrrole nitrogens is 1. The van der Waals surface area contributed by atoms with E-state index in [-0.39, 0.29) is 17.8 Å². The first-order valence-corrected chi connectivity index (χ1v) is 10.9. The maximum Gasteiger partial charge on any atom is 0.316 e. The molecule has 0 bridgehead atoms. The van der Waals surface area contributed by atoms with Crippen LogP contribution < -0.4 is 0 Å². The summed E-state index contributed by atoms with van der Waals surface area (Å²) in [5.74, 6) is 1.58. The molecular formula is C21H26N4O2S. The lowest BCUT2D eigenvalue weighted by Crippen LogP contribution is -2.36. The number of ether oxygens (including phenoxy) is 1. The highest BCUT2D eigenvalue weighted by Gasteiger charge is 2.33. The Morgan fingerprint density at radius 2 is 2.11 bits per heavy atom. The quantitative estimate of drug-likeness (QED) is 0.500. The Morgan fingerprint density at radius 3 is 2.93 bits per heavy atom. The number of hydrogen-bond acceptors (Lipinski definition) is 6. The molecule has 0 amide bonds. The second kappa shape index (κ2) is 8.07. The van der Waals surface area contributed by atoms with Gasteiger partial charge in [-0.2, -0.15) is 0 Å². The Bertz CT molecular complexity index is 987. The molecule has 1 saturated carbocycles. The fraction of sp³-hybridized carbons (Fsp3) is 0.524. The van der Waals surface area contributed by atoms with E-state index in [9.17, 15) is 4.79 Å². The topological polar surface area (TPSA) is 80.8 Å². The summed E-state index contributed by atoms with van der Waals surface area (Å²) in [5, 5.41) is 9.95. The Kier molecular flexibility index (Phi) is 5.53. The van der Waals surface area contributed by atoms with Crippen LogP contribution in [0.3, 0.4) is 0 Å². The fourth-order valence-corrected chi connectivity index (χ4v) is 4.71. The number of esters is 1. The van der Waals surface area contributed by atoms with Crippen molar-refractivity contribution in [3.63, 3.8) is 0 Å². The van der Waals surface area contributed by atoms with Crippen LogP contribution in [0.5, 0.6) is 0 Å². The molecule has 1 fully saturated rings. The molecule has 0 saturated heterocycles. The number of nitrogens with zero attached hydrogens (tertiary/aromatic N) is 3. The number of rotatable bonds is 5. The average Bonchev–Trinajstić information content (AvgIpc) is 3.04. The number of para-hydroxylation sites is 1. The van der Waals surface area contributed by atoms with Crippen molar-refractivity contribution < 1.29 is 9.53 Å². The van der Waals surface area contributed by atoms with Crippen LogP contribution in [0.25, 0.3) is 22.1 Å². The van der Waals surface area contributed by atoms with E-state index in [0.717, 1.165) is 29.3 Å². The van der Waals surface area contributed by atoms with Gasteiger partial charge in [-0.3, -0.25) is 4.79 Å². The number of carbonyl (C=O) groups is 1. The van der Waals surface area contributed by atoms with Crippen molar-refractivity contribution in [3.05, 3.63) is 24.3 Å². The molecule has 0 radical (unpaired) electrons. The summed E-state index contributed by atoms with van der Waals surface area (Å²) in [6, 6.07) is 7.91. The van der Waals surface area contributed by atoms with Crippen molar-refractivity contribution >= 4 is 39.8 Å². The van der Waals surface area contributed by atoms with Crippen molar-refractivity contribution in [1.29, 1.82) is 0 Å². The molecule has 4 rings (SSSR count). The van der Waals surface area contributed by atoms with Gasteiger partial charge in [0, 0.05) is 10.9 Å². The summed E-state index contributed by atoms with van der Waals surface area (Å²) in [5.41, 5.74) is 2.42. The van der Waals surface area contributed by atoms with Crippen LogP contribution in [0.1, 0.15) is 40.0 Å². The number of thioether (sulfide) groups is 1. The highest BCUT2D eigenvalue weighted by molar-refractivity contribution is 7.99. The third-order valence-electron chi connectivity index (χ3n) is 5.67. The molecule has 1 aliphatic carbocycles. The van der Waals surface area contributed by atoms with Gasteiger partial charge in [-0.1, -0.05) is 57.2 Å². The largest absolute Gasteiger partial charge is 0.461 e. The molecule has 6 nitrogen and oxygen atoms in total. The van der Waals surface area contributed by atoms with Crippen molar-refractivity contribution in [2.75, 3.05) is 5.75 Å². The van der Waals surface area contributed by atoms with Gasteiger partial charge >= 0.3 is 5.97 Å². The number of nitrogens with one attached hydrogen (secondary N) is 1. The number of carbonyl (C=O) groups excluding carboxylic acids is 1. The van der Waals surface area contributed by atoms with Crippen molar-refractivity contribution in [1.82, 2.24) is 20.2 Å². The van der Waals surface area contributed by atoms with Gasteiger partial charge in [-0.15, -0.1) is 10.2 Å². The lowest BCUT2D eigenvalue weighted by molar-refractivity contribution is -0.152. The van der Waals surface area contributed by atoms with Crippen molar-refractivity contribution in [3.8, 4) is 0 Å². The predicted octanol–water partition coefficient (Wildman–Crippen LogP) is 4.60. The first-order valence-electron chi connectivity index (χ1n) is 9.94. The maximum atomic E-state index is 12.4. The standard InChI is InChI=1S/C21H26N4O2S/c1-12(2)14-9-8-13(3)10-17(14)27-18(26)11-28-21-23-20-19(24-25-21)15-6-4-5-7-16(15)22-20/h4-7,12-14,17H,8-11H2,1-3H3,(H,22,23,25)/t13-,14-,17+/m0/s1. The molecule has 28 heavy (non-hydrogen) atoms. The zero-order valence-corrected chi connectivity index (χ0v) is 17.3. The van der Waals surface area contributed by atoms with E-state index in [1.807, 2.05) is 24.3 Å². The first-order chi connectivity index (χ1) is 13.5. The Morgan fingerprint density at radius 1 is 1.29 bits per heavy atom. The van der Waals surface area contributed by atoms with E-state index in [0.29, 0.717) is 28.6 Å². The van der Waals surface area contributed by atoms with Gasteiger partial charge in [0.1, 0.15) is 11.6 Å². The summed E-state index contributed by atoms with van der Waals surface area (Å²) >= 11 is 1.27. The van der Waals surface area contributed by atoms with Crippen LogP contribution in [0, 0.1) is 17.8 Å².